The normalized spacial score (nSPS) is 12.7. The second-order valence-electron chi connectivity index (χ2n) is 6.60. The first-order valence-electron chi connectivity index (χ1n) is 9.06. The minimum Gasteiger partial charge on any atom is -0.492 e. The Hall–Kier alpha value is -2.67. The molecule has 154 valence electrons. The molecule has 4 nitrogen and oxygen atoms in total. The molecule has 0 fully saturated rings. The van der Waals surface area contributed by atoms with E-state index in [1.165, 1.54) is 12.1 Å². The number of nitrogens with zero attached hydrogens (tertiary/aromatic N) is 1. The van der Waals surface area contributed by atoms with Gasteiger partial charge in [0.25, 0.3) is 0 Å². The smallest absolute Gasteiger partial charge is 0.417 e. The maximum Gasteiger partial charge on any atom is 0.417 e. The van der Waals surface area contributed by atoms with Gasteiger partial charge in [-0.15, -0.1) is 0 Å². The number of pyridine rings is 1. The van der Waals surface area contributed by atoms with Gasteiger partial charge in [-0.1, -0.05) is 29.8 Å². The summed E-state index contributed by atoms with van der Waals surface area (Å²) in [6.07, 6.45) is -3.46. The SMILES string of the molecule is CC(CCCOc1cccc(C(F)(F)F)c1Cl)Oc1cccc2ccc(N)nc12. The number of anilines is 1. The van der Waals surface area contributed by atoms with E-state index in [-0.39, 0.29) is 18.5 Å². The molecule has 0 aliphatic rings. The zero-order valence-corrected chi connectivity index (χ0v) is 16.4. The zero-order chi connectivity index (χ0) is 21.0. The third-order valence-corrected chi connectivity index (χ3v) is 4.70. The van der Waals surface area contributed by atoms with E-state index in [1.807, 2.05) is 31.2 Å². The standard InChI is InChI=1S/C21H20ClF3N2O2/c1-13(29-17-9-2-6-14-10-11-18(26)27-20(14)17)5-4-12-28-16-8-3-7-15(19(16)22)21(23,24)25/h2-3,6-11,13H,4-5,12H2,1H3,(H2,26,27). The van der Waals surface area contributed by atoms with Gasteiger partial charge in [0.15, 0.2) is 0 Å². The number of nitrogen functional groups attached to an aromatic ring is 1. The Balaban J connectivity index is 1.55. The Morgan fingerprint density at radius 3 is 2.55 bits per heavy atom. The molecule has 0 spiro atoms. The molecule has 0 radical (unpaired) electrons. The summed E-state index contributed by atoms with van der Waals surface area (Å²) in [5.41, 5.74) is 5.54. The fraction of sp³-hybridized carbons (Fsp3) is 0.286. The highest BCUT2D eigenvalue weighted by Crippen LogP contribution is 2.39. The molecule has 0 bridgehead atoms. The molecule has 2 aromatic carbocycles. The lowest BCUT2D eigenvalue weighted by Crippen LogP contribution is -2.14. The molecular weight excluding hydrogens is 405 g/mol. The number of hydrogen-bond acceptors (Lipinski definition) is 4. The lowest BCUT2D eigenvalue weighted by Gasteiger charge is -2.17. The quantitative estimate of drug-likeness (QED) is 0.464. The van der Waals surface area contributed by atoms with Crippen molar-refractivity contribution in [3.8, 4) is 11.5 Å². The van der Waals surface area contributed by atoms with Gasteiger partial charge in [0.1, 0.15) is 22.8 Å². The molecule has 2 N–H and O–H groups in total. The molecule has 29 heavy (non-hydrogen) atoms. The second kappa shape index (κ2) is 8.78. The third kappa shape index (κ3) is 5.23. The minimum absolute atomic E-state index is 0.0174. The number of benzene rings is 2. The maximum atomic E-state index is 12.9. The van der Waals surface area contributed by atoms with Crippen molar-refractivity contribution in [1.29, 1.82) is 0 Å². The molecule has 3 aromatic rings. The van der Waals surface area contributed by atoms with Gasteiger partial charge in [-0.3, -0.25) is 0 Å². The van der Waals surface area contributed by atoms with E-state index >= 15 is 0 Å². The molecule has 1 unspecified atom stereocenters. The van der Waals surface area contributed by atoms with E-state index in [4.69, 9.17) is 26.8 Å². The average molecular weight is 425 g/mol. The van der Waals surface area contributed by atoms with Crippen LogP contribution in [0.3, 0.4) is 0 Å². The summed E-state index contributed by atoms with van der Waals surface area (Å²) in [5.74, 6) is 1.06. The van der Waals surface area contributed by atoms with Crippen molar-refractivity contribution in [2.24, 2.45) is 0 Å². The summed E-state index contributed by atoms with van der Waals surface area (Å²) in [6.45, 7) is 2.12. The fourth-order valence-corrected chi connectivity index (χ4v) is 3.19. The minimum atomic E-state index is -4.52. The first kappa shape index (κ1) is 21.0. The predicted molar refractivity (Wildman–Crippen MR) is 107 cm³/mol. The molecule has 0 aliphatic heterocycles. The summed E-state index contributed by atoms with van der Waals surface area (Å²) in [7, 11) is 0. The van der Waals surface area contributed by atoms with Crippen LogP contribution in [0.15, 0.2) is 48.5 Å². The van der Waals surface area contributed by atoms with Gasteiger partial charge in [0.05, 0.1) is 23.3 Å². The number of ether oxygens (including phenoxy) is 2. The Labute approximate surface area is 171 Å². The van der Waals surface area contributed by atoms with Gasteiger partial charge in [0, 0.05) is 5.39 Å². The van der Waals surface area contributed by atoms with Gasteiger partial charge in [-0.05, 0) is 50.1 Å². The monoisotopic (exact) mass is 424 g/mol. The van der Waals surface area contributed by atoms with E-state index in [2.05, 4.69) is 4.98 Å². The first-order chi connectivity index (χ1) is 13.8. The number of para-hydroxylation sites is 1. The van der Waals surface area contributed by atoms with Crippen LogP contribution in [-0.2, 0) is 6.18 Å². The van der Waals surface area contributed by atoms with Crippen LogP contribution < -0.4 is 15.2 Å². The summed E-state index contributed by atoms with van der Waals surface area (Å²) >= 11 is 5.82. The van der Waals surface area contributed by atoms with Gasteiger partial charge in [0.2, 0.25) is 0 Å². The number of rotatable bonds is 7. The molecule has 0 saturated heterocycles. The lowest BCUT2D eigenvalue weighted by atomic mass is 10.2. The Bertz CT molecular complexity index is 995. The van der Waals surface area contributed by atoms with Crippen LogP contribution in [0, 0.1) is 0 Å². The van der Waals surface area contributed by atoms with Crippen molar-refractivity contribution < 1.29 is 22.6 Å². The van der Waals surface area contributed by atoms with Crippen molar-refractivity contribution in [2.45, 2.75) is 32.0 Å². The highest BCUT2D eigenvalue weighted by molar-refractivity contribution is 6.32. The maximum absolute atomic E-state index is 12.9. The van der Waals surface area contributed by atoms with Crippen LogP contribution in [0.2, 0.25) is 5.02 Å². The Morgan fingerprint density at radius 2 is 1.79 bits per heavy atom. The largest absolute Gasteiger partial charge is 0.492 e. The Morgan fingerprint density at radius 1 is 1.07 bits per heavy atom. The third-order valence-electron chi connectivity index (χ3n) is 4.31. The number of nitrogens with two attached hydrogens (primary N) is 1. The number of alkyl halides is 3. The molecule has 8 heteroatoms. The van der Waals surface area contributed by atoms with Crippen LogP contribution in [0.4, 0.5) is 19.0 Å². The Kier molecular flexibility index (Phi) is 6.37. The number of aromatic nitrogens is 1. The second-order valence-corrected chi connectivity index (χ2v) is 6.98. The summed E-state index contributed by atoms with van der Waals surface area (Å²) in [5, 5.41) is 0.495. The molecule has 1 atom stereocenters. The number of fused-ring (bicyclic) bond motifs is 1. The fourth-order valence-electron chi connectivity index (χ4n) is 2.90. The first-order valence-corrected chi connectivity index (χ1v) is 9.44. The van der Waals surface area contributed by atoms with E-state index < -0.39 is 16.8 Å². The van der Waals surface area contributed by atoms with Gasteiger partial charge >= 0.3 is 6.18 Å². The number of hydrogen-bond donors (Lipinski definition) is 1. The van der Waals surface area contributed by atoms with E-state index in [1.54, 1.807) is 6.07 Å². The molecular formula is C21H20ClF3N2O2. The highest BCUT2D eigenvalue weighted by Gasteiger charge is 2.34. The summed E-state index contributed by atoms with van der Waals surface area (Å²) < 4.78 is 50.1. The van der Waals surface area contributed by atoms with Crippen molar-refractivity contribution in [3.05, 3.63) is 59.1 Å². The molecule has 0 saturated carbocycles. The lowest BCUT2D eigenvalue weighted by molar-refractivity contribution is -0.137. The summed E-state index contributed by atoms with van der Waals surface area (Å²) in [6, 6.07) is 12.8. The molecule has 1 aromatic heterocycles. The van der Waals surface area contributed by atoms with E-state index in [9.17, 15) is 13.2 Å². The van der Waals surface area contributed by atoms with Gasteiger partial charge < -0.3 is 15.2 Å². The summed E-state index contributed by atoms with van der Waals surface area (Å²) in [4.78, 5) is 4.32. The topological polar surface area (TPSA) is 57.4 Å². The molecule has 3 rings (SSSR count). The van der Waals surface area contributed by atoms with Crippen LogP contribution in [0.1, 0.15) is 25.3 Å². The number of halogens is 4. The highest BCUT2D eigenvalue weighted by atomic mass is 35.5. The molecule has 0 aliphatic carbocycles. The van der Waals surface area contributed by atoms with Crippen LogP contribution in [0.25, 0.3) is 10.9 Å². The van der Waals surface area contributed by atoms with Crippen LogP contribution >= 0.6 is 11.6 Å². The zero-order valence-electron chi connectivity index (χ0n) is 15.7. The van der Waals surface area contributed by atoms with Crippen LogP contribution in [0.5, 0.6) is 11.5 Å². The van der Waals surface area contributed by atoms with Crippen molar-refractivity contribution >= 4 is 28.3 Å². The van der Waals surface area contributed by atoms with E-state index in [0.29, 0.717) is 29.9 Å². The van der Waals surface area contributed by atoms with Crippen LogP contribution in [-0.4, -0.2) is 17.7 Å². The predicted octanol–water partition coefficient (Wildman–Crippen LogP) is 6.12. The van der Waals surface area contributed by atoms with Crippen molar-refractivity contribution in [3.63, 3.8) is 0 Å². The molecule has 1 heterocycles. The van der Waals surface area contributed by atoms with Crippen molar-refractivity contribution in [2.75, 3.05) is 12.3 Å². The molecule has 0 amide bonds. The van der Waals surface area contributed by atoms with Gasteiger partial charge in [-0.2, -0.15) is 13.2 Å². The van der Waals surface area contributed by atoms with Gasteiger partial charge in [-0.25, -0.2) is 4.98 Å². The average Bonchev–Trinajstić information content (AvgIpc) is 2.66. The van der Waals surface area contributed by atoms with Crippen molar-refractivity contribution in [1.82, 2.24) is 4.98 Å². The van der Waals surface area contributed by atoms with E-state index in [0.717, 1.165) is 11.5 Å².